The Morgan fingerprint density at radius 3 is 2.68 bits per heavy atom. The van der Waals surface area contributed by atoms with Gasteiger partial charge in [-0.2, -0.15) is 0 Å². The van der Waals surface area contributed by atoms with Crippen LogP contribution in [0.4, 0.5) is 4.39 Å². The number of fused-ring (bicyclic) bond motifs is 1. The van der Waals surface area contributed by atoms with Crippen LogP contribution in [0, 0.1) is 0 Å². The van der Waals surface area contributed by atoms with Gasteiger partial charge in [0.05, 0.1) is 0 Å². The maximum atomic E-state index is 12.6. The molecule has 3 heterocycles. The van der Waals surface area contributed by atoms with Gasteiger partial charge in [-0.15, -0.1) is 0 Å². The number of hydrogen-bond donors (Lipinski definition) is 1. The van der Waals surface area contributed by atoms with Gasteiger partial charge in [0.1, 0.15) is 18.0 Å². The summed E-state index contributed by atoms with van der Waals surface area (Å²) in [5.41, 5.74) is 1.18. The molecule has 2 fully saturated rings. The first-order valence-electron chi connectivity index (χ1n) is 9.68. The summed E-state index contributed by atoms with van der Waals surface area (Å²) in [4.78, 5) is 2.22. The minimum absolute atomic E-state index is 0.107. The van der Waals surface area contributed by atoms with Crippen molar-refractivity contribution in [3.05, 3.63) is 29.8 Å². The van der Waals surface area contributed by atoms with Crippen LogP contribution < -0.4 is 10.1 Å². The second-order valence-electron chi connectivity index (χ2n) is 7.66. The van der Waals surface area contributed by atoms with E-state index in [1.807, 2.05) is 0 Å². The Bertz CT molecular complexity index is 569. The van der Waals surface area contributed by atoms with E-state index >= 15 is 0 Å². The van der Waals surface area contributed by atoms with Gasteiger partial charge in [-0.05, 0) is 31.7 Å². The van der Waals surface area contributed by atoms with Gasteiger partial charge >= 0.3 is 0 Å². The molecule has 1 aromatic rings. The van der Waals surface area contributed by atoms with Gasteiger partial charge in [-0.25, -0.2) is 4.39 Å². The van der Waals surface area contributed by atoms with Gasteiger partial charge in [0.15, 0.2) is 0 Å². The molecule has 138 valence electrons. The highest BCUT2D eigenvalue weighted by atomic mass is 19.1. The lowest BCUT2D eigenvalue weighted by molar-refractivity contribution is -0.0291. The summed E-state index contributed by atoms with van der Waals surface area (Å²) < 4.78 is 24.7. The first kappa shape index (κ1) is 17.3. The van der Waals surface area contributed by atoms with E-state index in [1.54, 1.807) is 0 Å². The quantitative estimate of drug-likeness (QED) is 0.907. The third-order valence-corrected chi connectivity index (χ3v) is 6.02. The van der Waals surface area contributed by atoms with E-state index in [0.29, 0.717) is 18.6 Å². The average molecular weight is 348 g/mol. The van der Waals surface area contributed by atoms with Crippen LogP contribution in [-0.4, -0.2) is 56.1 Å². The number of nitrogens with one attached hydrogen (secondary N) is 1. The number of alkyl halides is 1. The smallest absolute Gasteiger partial charge is 0.124 e. The molecule has 0 saturated carbocycles. The summed E-state index contributed by atoms with van der Waals surface area (Å²) in [6.45, 7) is 3.85. The number of ether oxygens (including phenoxy) is 2. The normalized spacial score (nSPS) is 27.0. The summed E-state index contributed by atoms with van der Waals surface area (Å²) in [7, 11) is 0. The Hall–Kier alpha value is -1.17. The Morgan fingerprint density at radius 1 is 1.16 bits per heavy atom. The van der Waals surface area contributed by atoms with Crippen molar-refractivity contribution in [2.45, 2.75) is 49.8 Å². The molecule has 0 amide bonds. The number of rotatable bonds is 4. The van der Waals surface area contributed by atoms with Crippen molar-refractivity contribution in [3.63, 3.8) is 0 Å². The van der Waals surface area contributed by atoms with Crippen LogP contribution in [0.15, 0.2) is 24.3 Å². The lowest BCUT2D eigenvalue weighted by Crippen LogP contribution is -2.53. The molecule has 2 saturated heterocycles. The third-order valence-electron chi connectivity index (χ3n) is 6.02. The second-order valence-corrected chi connectivity index (χ2v) is 7.66. The SMILES string of the molecule is FCCN1CCC2(CC1)CC(NC1CCOCC1)c1ccccc1O2. The van der Waals surface area contributed by atoms with Crippen molar-refractivity contribution in [1.82, 2.24) is 10.2 Å². The summed E-state index contributed by atoms with van der Waals surface area (Å²) >= 11 is 0. The summed E-state index contributed by atoms with van der Waals surface area (Å²) in [6.07, 6.45) is 5.12. The lowest BCUT2D eigenvalue weighted by atomic mass is 9.80. The predicted molar refractivity (Wildman–Crippen MR) is 95.8 cm³/mol. The van der Waals surface area contributed by atoms with Crippen molar-refractivity contribution < 1.29 is 13.9 Å². The largest absolute Gasteiger partial charge is 0.487 e. The monoisotopic (exact) mass is 348 g/mol. The number of nitrogens with zero attached hydrogens (tertiary/aromatic N) is 1. The minimum Gasteiger partial charge on any atom is -0.487 e. The fraction of sp³-hybridized carbons (Fsp3) is 0.700. The van der Waals surface area contributed by atoms with Gasteiger partial charge in [-0.1, -0.05) is 18.2 Å². The standard InChI is InChI=1S/C20H29FN2O2/c21-9-12-23-10-7-20(8-11-23)15-18(22-16-5-13-24-14-6-16)17-3-1-2-4-19(17)25-20/h1-4,16,18,22H,5-15H2. The third kappa shape index (κ3) is 3.83. The van der Waals surface area contributed by atoms with Crippen LogP contribution in [0.5, 0.6) is 5.75 Å². The zero-order valence-corrected chi connectivity index (χ0v) is 14.9. The highest BCUT2D eigenvalue weighted by Crippen LogP contribution is 2.44. The highest BCUT2D eigenvalue weighted by molar-refractivity contribution is 5.39. The van der Waals surface area contributed by atoms with Crippen molar-refractivity contribution in [1.29, 1.82) is 0 Å². The molecule has 1 atom stereocenters. The van der Waals surface area contributed by atoms with E-state index in [1.165, 1.54) is 5.56 Å². The molecule has 1 spiro atoms. The first-order chi connectivity index (χ1) is 12.3. The molecule has 1 N–H and O–H groups in total. The minimum atomic E-state index is -0.259. The maximum Gasteiger partial charge on any atom is 0.124 e. The topological polar surface area (TPSA) is 33.7 Å². The van der Waals surface area contributed by atoms with Gasteiger partial charge in [0, 0.05) is 56.9 Å². The zero-order chi connectivity index (χ0) is 17.1. The van der Waals surface area contributed by atoms with Crippen LogP contribution in [0.2, 0.25) is 0 Å². The molecule has 4 nitrogen and oxygen atoms in total. The van der Waals surface area contributed by atoms with E-state index in [4.69, 9.17) is 9.47 Å². The molecule has 0 aromatic heterocycles. The molecule has 1 unspecified atom stereocenters. The Morgan fingerprint density at radius 2 is 1.92 bits per heavy atom. The lowest BCUT2D eigenvalue weighted by Gasteiger charge is -2.47. The Balaban J connectivity index is 1.50. The average Bonchev–Trinajstić information content (AvgIpc) is 2.65. The van der Waals surface area contributed by atoms with Crippen molar-refractivity contribution in [3.8, 4) is 5.75 Å². The molecule has 3 aliphatic rings. The molecular formula is C20H29FN2O2. The van der Waals surface area contributed by atoms with Crippen molar-refractivity contribution >= 4 is 0 Å². The summed E-state index contributed by atoms with van der Waals surface area (Å²) in [6, 6.07) is 9.30. The summed E-state index contributed by atoms with van der Waals surface area (Å²) in [5, 5.41) is 3.89. The van der Waals surface area contributed by atoms with Gasteiger partial charge in [0.25, 0.3) is 0 Å². The Labute approximate surface area is 149 Å². The van der Waals surface area contributed by atoms with Crippen LogP contribution in [-0.2, 0) is 4.74 Å². The van der Waals surface area contributed by atoms with Crippen molar-refractivity contribution in [2.75, 3.05) is 39.5 Å². The first-order valence-corrected chi connectivity index (χ1v) is 9.68. The van der Waals surface area contributed by atoms with Gasteiger partial charge in [-0.3, -0.25) is 0 Å². The van der Waals surface area contributed by atoms with E-state index in [9.17, 15) is 4.39 Å². The van der Waals surface area contributed by atoms with Crippen LogP contribution >= 0.6 is 0 Å². The second kappa shape index (κ2) is 7.60. The number of piperidine rings is 1. The predicted octanol–water partition coefficient (Wildman–Crippen LogP) is 3.08. The van der Waals surface area contributed by atoms with Crippen LogP contribution in [0.25, 0.3) is 0 Å². The Kier molecular flexibility index (Phi) is 5.25. The molecule has 3 aliphatic heterocycles. The maximum absolute atomic E-state index is 12.6. The fourth-order valence-electron chi connectivity index (χ4n) is 4.53. The number of likely N-dealkylation sites (tertiary alicyclic amines) is 1. The molecule has 25 heavy (non-hydrogen) atoms. The molecule has 4 rings (SSSR count). The van der Waals surface area contributed by atoms with E-state index in [0.717, 1.165) is 64.2 Å². The van der Waals surface area contributed by atoms with E-state index < -0.39 is 0 Å². The molecular weight excluding hydrogens is 319 g/mol. The van der Waals surface area contributed by atoms with Crippen LogP contribution in [0.3, 0.4) is 0 Å². The number of benzene rings is 1. The van der Waals surface area contributed by atoms with E-state index in [-0.39, 0.29) is 12.3 Å². The zero-order valence-electron chi connectivity index (χ0n) is 14.9. The van der Waals surface area contributed by atoms with Crippen molar-refractivity contribution in [2.24, 2.45) is 0 Å². The van der Waals surface area contributed by atoms with Crippen LogP contribution in [0.1, 0.15) is 43.7 Å². The fourth-order valence-corrected chi connectivity index (χ4v) is 4.53. The summed E-state index contributed by atoms with van der Waals surface area (Å²) in [5.74, 6) is 1.03. The number of halogens is 1. The number of para-hydroxylation sites is 1. The van der Waals surface area contributed by atoms with E-state index in [2.05, 4.69) is 34.5 Å². The van der Waals surface area contributed by atoms with Gasteiger partial charge in [0.2, 0.25) is 0 Å². The molecule has 0 aliphatic carbocycles. The van der Waals surface area contributed by atoms with Gasteiger partial charge < -0.3 is 19.7 Å². The molecule has 1 aromatic carbocycles. The molecule has 5 heteroatoms. The number of hydrogen-bond acceptors (Lipinski definition) is 4. The molecule has 0 bridgehead atoms. The highest BCUT2D eigenvalue weighted by Gasteiger charge is 2.43. The molecule has 0 radical (unpaired) electrons.